The van der Waals surface area contributed by atoms with Gasteiger partial charge in [0.05, 0.1) is 16.6 Å². The number of non-ortho nitro benzene ring substituents is 1. The van der Waals surface area contributed by atoms with Gasteiger partial charge in [-0.1, -0.05) is 35.9 Å². The molecule has 0 bridgehead atoms. The minimum atomic E-state index is -0.469. The summed E-state index contributed by atoms with van der Waals surface area (Å²) in [5.74, 6) is 0. The van der Waals surface area contributed by atoms with Gasteiger partial charge in [-0.3, -0.25) is 10.1 Å². The molecular formula is C15H9ClN2O2. The highest BCUT2D eigenvalue weighted by molar-refractivity contribution is 6.30. The van der Waals surface area contributed by atoms with Crippen molar-refractivity contribution >= 4 is 28.9 Å². The molecule has 0 aliphatic carbocycles. The molecule has 0 unspecified atom stereocenters. The second kappa shape index (κ2) is 6.00. The van der Waals surface area contributed by atoms with E-state index in [0.29, 0.717) is 21.7 Å². The third-order valence-electron chi connectivity index (χ3n) is 2.65. The molecular weight excluding hydrogens is 276 g/mol. The number of benzene rings is 2. The summed E-state index contributed by atoms with van der Waals surface area (Å²) in [6.07, 6.45) is 1.60. The molecule has 0 aliphatic rings. The standard InChI is InChI=1S/C15H9ClN2O2/c16-14-5-2-4-12(9-14)13(10-17)7-11-3-1-6-15(8-11)18(19)20/h1-9H. The lowest BCUT2D eigenvalue weighted by atomic mass is 10.0. The maximum atomic E-state index is 10.7. The van der Waals surface area contributed by atoms with Crippen LogP contribution in [0.3, 0.4) is 0 Å². The van der Waals surface area contributed by atoms with Crippen LogP contribution < -0.4 is 0 Å². The fourth-order valence-electron chi connectivity index (χ4n) is 1.73. The van der Waals surface area contributed by atoms with E-state index in [1.165, 1.54) is 12.1 Å². The molecule has 2 aromatic rings. The van der Waals surface area contributed by atoms with Gasteiger partial charge < -0.3 is 0 Å². The molecule has 0 aliphatic heterocycles. The van der Waals surface area contributed by atoms with Gasteiger partial charge in [-0.25, -0.2) is 0 Å². The number of hydrogen-bond donors (Lipinski definition) is 0. The van der Waals surface area contributed by atoms with E-state index in [0.717, 1.165) is 0 Å². The van der Waals surface area contributed by atoms with Gasteiger partial charge in [-0.05, 0) is 29.3 Å². The van der Waals surface area contributed by atoms with Crippen LogP contribution in [0.1, 0.15) is 11.1 Å². The topological polar surface area (TPSA) is 66.9 Å². The molecule has 0 radical (unpaired) electrons. The lowest BCUT2D eigenvalue weighted by Crippen LogP contribution is -1.88. The van der Waals surface area contributed by atoms with Gasteiger partial charge in [0.1, 0.15) is 0 Å². The SMILES string of the molecule is N#CC(=Cc1cccc([N+](=O)[O-])c1)c1cccc(Cl)c1. The third-order valence-corrected chi connectivity index (χ3v) is 2.88. The molecule has 0 saturated heterocycles. The van der Waals surface area contributed by atoms with Gasteiger partial charge in [-0.15, -0.1) is 0 Å². The smallest absolute Gasteiger partial charge is 0.258 e. The summed E-state index contributed by atoms with van der Waals surface area (Å²) in [5, 5.41) is 20.5. The highest BCUT2D eigenvalue weighted by Crippen LogP contribution is 2.22. The Balaban J connectivity index is 2.44. The van der Waals surface area contributed by atoms with Gasteiger partial charge in [0.2, 0.25) is 0 Å². The Morgan fingerprint density at radius 2 is 2.00 bits per heavy atom. The normalized spacial score (nSPS) is 10.9. The van der Waals surface area contributed by atoms with Crippen molar-refractivity contribution in [3.63, 3.8) is 0 Å². The highest BCUT2D eigenvalue weighted by Gasteiger charge is 2.06. The molecule has 0 atom stereocenters. The van der Waals surface area contributed by atoms with Crippen molar-refractivity contribution in [3.8, 4) is 6.07 Å². The Morgan fingerprint density at radius 3 is 2.65 bits per heavy atom. The van der Waals surface area contributed by atoms with Gasteiger partial charge in [0.15, 0.2) is 0 Å². The number of halogens is 1. The summed E-state index contributed by atoms with van der Waals surface area (Å²) in [6, 6.07) is 15.1. The van der Waals surface area contributed by atoms with E-state index < -0.39 is 4.92 Å². The minimum Gasteiger partial charge on any atom is -0.258 e. The van der Waals surface area contributed by atoms with Crippen LogP contribution in [0.5, 0.6) is 0 Å². The molecule has 98 valence electrons. The highest BCUT2D eigenvalue weighted by atomic mass is 35.5. The van der Waals surface area contributed by atoms with E-state index in [1.54, 1.807) is 42.5 Å². The summed E-state index contributed by atoms with van der Waals surface area (Å²) >= 11 is 5.89. The van der Waals surface area contributed by atoms with Crippen molar-refractivity contribution in [2.24, 2.45) is 0 Å². The molecule has 0 spiro atoms. The van der Waals surface area contributed by atoms with Crippen molar-refractivity contribution < 1.29 is 4.92 Å². The maximum Gasteiger partial charge on any atom is 0.270 e. The average Bonchev–Trinajstić information content (AvgIpc) is 2.45. The van der Waals surface area contributed by atoms with Crippen molar-refractivity contribution in [1.82, 2.24) is 0 Å². The predicted octanol–water partition coefficient (Wildman–Crippen LogP) is 4.31. The van der Waals surface area contributed by atoms with Crippen LogP contribution in [0.25, 0.3) is 11.6 Å². The molecule has 0 fully saturated rings. The Kier molecular flexibility index (Phi) is 4.14. The van der Waals surface area contributed by atoms with Crippen LogP contribution in [0, 0.1) is 21.4 Å². The quantitative estimate of drug-likeness (QED) is 0.365. The zero-order valence-corrected chi connectivity index (χ0v) is 11.0. The van der Waals surface area contributed by atoms with E-state index in [1.807, 2.05) is 0 Å². The van der Waals surface area contributed by atoms with Crippen molar-refractivity contribution in [3.05, 3.63) is 74.8 Å². The number of nitrogens with zero attached hydrogens (tertiary/aromatic N) is 2. The third kappa shape index (κ3) is 3.22. The van der Waals surface area contributed by atoms with E-state index >= 15 is 0 Å². The monoisotopic (exact) mass is 284 g/mol. The fraction of sp³-hybridized carbons (Fsp3) is 0. The van der Waals surface area contributed by atoms with Gasteiger partial charge in [0.25, 0.3) is 5.69 Å². The molecule has 20 heavy (non-hydrogen) atoms. The molecule has 2 rings (SSSR count). The summed E-state index contributed by atoms with van der Waals surface area (Å²) < 4.78 is 0. The summed E-state index contributed by atoms with van der Waals surface area (Å²) in [7, 11) is 0. The van der Waals surface area contributed by atoms with E-state index in [-0.39, 0.29) is 5.69 Å². The first-order valence-electron chi connectivity index (χ1n) is 5.72. The van der Waals surface area contributed by atoms with Gasteiger partial charge in [-0.2, -0.15) is 5.26 Å². The number of rotatable bonds is 3. The van der Waals surface area contributed by atoms with Gasteiger partial charge in [0, 0.05) is 17.2 Å². The lowest BCUT2D eigenvalue weighted by molar-refractivity contribution is -0.384. The maximum absolute atomic E-state index is 10.7. The van der Waals surface area contributed by atoms with Crippen LogP contribution in [-0.2, 0) is 0 Å². The van der Waals surface area contributed by atoms with Crippen molar-refractivity contribution in [1.29, 1.82) is 5.26 Å². The molecule has 0 amide bonds. The van der Waals surface area contributed by atoms with Crippen LogP contribution in [0.15, 0.2) is 48.5 Å². The first kappa shape index (κ1) is 13.8. The lowest BCUT2D eigenvalue weighted by Gasteiger charge is -2.00. The van der Waals surface area contributed by atoms with Crippen LogP contribution >= 0.6 is 11.6 Å². The molecule has 0 aromatic heterocycles. The second-order valence-electron chi connectivity index (χ2n) is 4.03. The van der Waals surface area contributed by atoms with Crippen molar-refractivity contribution in [2.45, 2.75) is 0 Å². The number of allylic oxidation sites excluding steroid dienone is 1. The molecule has 0 saturated carbocycles. The zero-order chi connectivity index (χ0) is 14.5. The molecule has 0 N–H and O–H groups in total. The van der Waals surface area contributed by atoms with E-state index in [2.05, 4.69) is 6.07 Å². The number of nitro benzene ring substituents is 1. The summed E-state index contributed by atoms with van der Waals surface area (Å²) in [6.45, 7) is 0. The van der Waals surface area contributed by atoms with E-state index in [9.17, 15) is 15.4 Å². The Labute approximate surface area is 120 Å². The number of nitro groups is 1. The Morgan fingerprint density at radius 1 is 1.25 bits per heavy atom. The Bertz CT molecular complexity index is 733. The predicted molar refractivity (Wildman–Crippen MR) is 78.0 cm³/mol. The molecule has 5 heteroatoms. The molecule has 0 heterocycles. The van der Waals surface area contributed by atoms with Crippen molar-refractivity contribution in [2.75, 3.05) is 0 Å². The number of hydrogen-bond acceptors (Lipinski definition) is 3. The van der Waals surface area contributed by atoms with Crippen LogP contribution in [-0.4, -0.2) is 4.92 Å². The average molecular weight is 285 g/mol. The first-order chi connectivity index (χ1) is 9.60. The van der Waals surface area contributed by atoms with E-state index in [4.69, 9.17) is 11.6 Å². The van der Waals surface area contributed by atoms with Gasteiger partial charge >= 0.3 is 0 Å². The first-order valence-corrected chi connectivity index (χ1v) is 6.10. The fourth-order valence-corrected chi connectivity index (χ4v) is 1.92. The second-order valence-corrected chi connectivity index (χ2v) is 4.47. The largest absolute Gasteiger partial charge is 0.270 e. The number of nitriles is 1. The summed E-state index contributed by atoms with van der Waals surface area (Å²) in [5.41, 5.74) is 1.65. The summed E-state index contributed by atoms with van der Waals surface area (Å²) in [4.78, 5) is 10.3. The van der Waals surface area contributed by atoms with Crippen LogP contribution in [0.2, 0.25) is 5.02 Å². The molecule has 2 aromatic carbocycles. The molecule has 4 nitrogen and oxygen atoms in total. The Hall–Kier alpha value is -2.64. The minimum absolute atomic E-state index is 0.0119. The van der Waals surface area contributed by atoms with Crippen LogP contribution in [0.4, 0.5) is 5.69 Å². The zero-order valence-electron chi connectivity index (χ0n) is 10.3.